The van der Waals surface area contributed by atoms with Gasteiger partial charge in [0.15, 0.2) is 0 Å². The van der Waals surface area contributed by atoms with E-state index in [0.29, 0.717) is 13.2 Å². The first kappa shape index (κ1) is 12.7. The van der Waals surface area contributed by atoms with Crippen molar-refractivity contribution < 1.29 is 9.53 Å². The summed E-state index contributed by atoms with van der Waals surface area (Å²) in [7, 11) is 0. The van der Waals surface area contributed by atoms with Crippen LogP contribution in [0.2, 0.25) is 0 Å². The molecule has 0 saturated heterocycles. The topological polar surface area (TPSA) is 38.3 Å². The van der Waals surface area contributed by atoms with Crippen LogP contribution in [0.1, 0.15) is 5.56 Å². The van der Waals surface area contributed by atoms with Crippen molar-refractivity contribution in [3.8, 4) is 0 Å². The molecule has 1 aromatic rings. The van der Waals surface area contributed by atoms with E-state index in [9.17, 15) is 4.79 Å². The Morgan fingerprint density at radius 1 is 1.56 bits per heavy atom. The van der Waals surface area contributed by atoms with Gasteiger partial charge in [-0.3, -0.25) is 4.79 Å². The second-order valence-corrected chi connectivity index (χ2v) is 3.45. The van der Waals surface area contributed by atoms with Gasteiger partial charge < -0.3 is 10.1 Å². The van der Waals surface area contributed by atoms with E-state index in [1.54, 1.807) is 12.1 Å². The van der Waals surface area contributed by atoms with Crippen molar-refractivity contribution in [2.24, 2.45) is 0 Å². The van der Waals surface area contributed by atoms with Crippen LogP contribution in [0.3, 0.4) is 0 Å². The first-order chi connectivity index (χ1) is 7.76. The molecule has 0 fully saturated rings. The number of anilines is 1. The lowest BCUT2D eigenvalue weighted by Crippen LogP contribution is -2.12. The van der Waals surface area contributed by atoms with Gasteiger partial charge in [-0.05, 0) is 17.7 Å². The van der Waals surface area contributed by atoms with Gasteiger partial charge >= 0.3 is 0 Å². The molecule has 0 radical (unpaired) electrons. The van der Waals surface area contributed by atoms with Crippen LogP contribution in [0, 0.1) is 0 Å². The number of benzene rings is 1. The first-order valence-electron chi connectivity index (χ1n) is 4.89. The Bertz CT molecular complexity index is 366. The summed E-state index contributed by atoms with van der Waals surface area (Å²) in [5.74, 6) is -0.261. The van der Waals surface area contributed by atoms with Crippen LogP contribution in [0.4, 0.5) is 5.69 Å². The molecule has 0 aromatic heterocycles. The number of hydrogen-bond donors (Lipinski definition) is 1. The maximum Gasteiger partial charge on any atom is 0.239 e. The van der Waals surface area contributed by atoms with Gasteiger partial charge in [0.2, 0.25) is 5.91 Å². The van der Waals surface area contributed by atoms with Crippen molar-refractivity contribution in [3.63, 3.8) is 0 Å². The highest BCUT2D eigenvalue weighted by Crippen LogP contribution is 2.11. The third-order valence-electron chi connectivity index (χ3n) is 1.84. The number of alkyl halides is 1. The zero-order valence-electron chi connectivity index (χ0n) is 8.91. The first-order valence-corrected chi connectivity index (χ1v) is 5.43. The summed E-state index contributed by atoms with van der Waals surface area (Å²) in [6.07, 6.45) is 1.69. The quantitative estimate of drug-likeness (QED) is 0.471. The normalized spacial score (nSPS) is 9.81. The molecule has 0 aliphatic heterocycles. The van der Waals surface area contributed by atoms with Crippen LogP contribution in [-0.2, 0) is 16.1 Å². The van der Waals surface area contributed by atoms with E-state index in [1.165, 1.54) is 0 Å². The second-order valence-electron chi connectivity index (χ2n) is 3.19. The fraction of sp³-hybridized carbons (Fsp3) is 0.250. The largest absolute Gasteiger partial charge is 0.373 e. The Morgan fingerprint density at radius 3 is 3.06 bits per heavy atom. The summed E-state index contributed by atoms with van der Waals surface area (Å²) >= 11 is 5.40. The number of nitrogens with one attached hydrogen (secondary N) is 1. The summed E-state index contributed by atoms with van der Waals surface area (Å²) in [5, 5.41) is 2.68. The van der Waals surface area contributed by atoms with E-state index in [2.05, 4.69) is 11.9 Å². The standard InChI is InChI=1S/C12H14ClNO2/c1-2-6-16-9-10-4-3-5-11(7-10)14-12(15)8-13/h2-5,7H,1,6,8-9H2,(H,14,15). The average molecular weight is 240 g/mol. The highest BCUT2D eigenvalue weighted by molar-refractivity contribution is 6.29. The van der Waals surface area contributed by atoms with Gasteiger partial charge in [-0.25, -0.2) is 0 Å². The Hall–Kier alpha value is -1.32. The predicted octanol–water partition coefficient (Wildman–Crippen LogP) is 2.57. The van der Waals surface area contributed by atoms with E-state index in [-0.39, 0.29) is 11.8 Å². The smallest absolute Gasteiger partial charge is 0.239 e. The van der Waals surface area contributed by atoms with Crippen molar-refractivity contribution in [2.75, 3.05) is 17.8 Å². The van der Waals surface area contributed by atoms with Gasteiger partial charge in [0.25, 0.3) is 0 Å². The monoisotopic (exact) mass is 239 g/mol. The minimum atomic E-state index is -0.217. The molecule has 4 heteroatoms. The zero-order valence-corrected chi connectivity index (χ0v) is 9.67. The second kappa shape index (κ2) is 7.04. The van der Waals surface area contributed by atoms with Crippen molar-refractivity contribution in [2.45, 2.75) is 6.61 Å². The maximum atomic E-state index is 11.1. The Labute approximate surface area is 100 Å². The number of halogens is 1. The van der Waals surface area contributed by atoms with Crippen LogP contribution in [-0.4, -0.2) is 18.4 Å². The summed E-state index contributed by atoms with van der Waals surface area (Å²) in [6.45, 7) is 4.57. The molecule has 0 spiro atoms. The predicted molar refractivity (Wildman–Crippen MR) is 65.6 cm³/mol. The van der Waals surface area contributed by atoms with E-state index in [0.717, 1.165) is 11.3 Å². The van der Waals surface area contributed by atoms with Crippen LogP contribution >= 0.6 is 11.6 Å². The molecule has 3 nitrogen and oxygen atoms in total. The van der Waals surface area contributed by atoms with Gasteiger partial charge in [0.05, 0.1) is 13.2 Å². The molecule has 1 N–H and O–H groups in total. The minimum absolute atomic E-state index is 0.0445. The number of amides is 1. The SMILES string of the molecule is C=CCOCc1cccc(NC(=O)CCl)c1. The molecular formula is C12H14ClNO2. The molecular weight excluding hydrogens is 226 g/mol. The molecule has 0 bridgehead atoms. The zero-order chi connectivity index (χ0) is 11.8. The summed E-state index contributed by atoms with van der Waals surface area (Å²) in [4.78, 5) is 11.1. The molecule has 0 unspecified atom stereocenters. The van der Waals surface area contributed by atoms with Gasteiger partial charge in [0.1, 0.15) is 5.88 Å². The van der Waals surface area contributed by atoms with Crippen LogP contribution in [0.15, 0.2) is 36.9 Å². The molecule has 1 aromatic carbocycles. The fourth-order valence-electron chi connectivity index (χ4n) is 1.19. The molecule has 86 valence electrons. The lowest BCUT2D eigenvalue weighted by atomic mass is 10.2. The summed E-state index contributed by atoms with van der Waals surface area (Å²) in [6, 6.07) is 7.45. The molecule has 16 heavy (non-hydrogen) atoms. The minimum Gasteiger partial charge on any atom is -0.373 e. The maximum absolute atomic E-state index is 11.1. The van der Waals surface area contributed by atoms with Crippen molar-refractivity contribution in [1.82, 2.24) is 0 Å². The van der Waals surface area contributed by atoms with Crippen molar-refractivity contribution in [1.29, 1.82) is 0 Å². The molecule has 0 atom stereocenters. The van der Waals surface area contributed by atoms with Crippen LogP contribution in [0.25, 0.3) is 0 Å². The molecule has 0 saturated carbocycles. The Morgan fingerprint density at radius 2 is 2.38 bits per heavy atom. The number of hydrogen-bond acceptors (Lipinski definition) is 2. The highest BCUT2D eigenvalue weighted by atomic mass is 35.5. The van der Waals surface area contributed by atoms with Gasteiger partial charge in [-0.1, -0.05) is 18.2 Å². The number of ether oxygens (including phenoxy) is 1. The number of carbonyl (C=O) groups is 1. The third-order valence-corrected chi connectivity index (χ3v) is 2.08. The van der Waals surface area contributed by atoms with E-state index in [1.807, 2.05) is 18.2 Å². The van der Waals surface area contributed by atoms with Crippen LogP contribution < -0.4 is 5.32 Å². The van der Waals surface area contributed by atoms with E-state index < -0.39 is 0 Å². The molecule has 0 aliphatic rings. The lowest BCUT2D eigenvalue weighted by molar-refractivity contribution is -0.113. The Balaban J connectivity index is 2.56. The molecule has 0 heterocycles. The van der Waals surface area contributed by atoms with Gasteiger partial charge in [-0.15, -0.1) is 18.2 Å². The molecule has 1 rings (SSSR count). The summed E-state index contributed by atoms with van der Waals surface area (Å²) in [5.41, 5.74) is 1.72. The summed E-state index contributed by atoms with van der Waals surface area (Å²) < 4.78 is 5.30. The Kier molecular flexibility index (Phi) is 5.61. The van der Waals surface area contributed by atoms with Gasteiger partial charge in [0, 0.05) is 5.69 Å². The van der Waals surface area contributed by atoms with Crippen molar-refractivity contribution >= 4 is 23.2 Å². The molecule has 1 amide bonds. The van der Waals surface area contributed by atoms with Crippen molar-refractivity contribution in [3.05, 3.63) is 42.5 Å². The fourth-order valence-corrected chi connectivity index (χ4v) is 1.26. The molecule has 0 aliphatic carbocycles. The third kappa shape index (κ3) is 4.47. The van der Waals surface area contributed by atoms with E-state index >= 15 is 0 Å². The highest BCUT2D eigenvalue weighted by Gasteiger charge is 2.00. The van der Waals surface area contributed by atoms with Crippen LogP contribution in [0.5, 0.6) is 0 Å². The number of carbonyl (C=O) groups excluding carboxylic acids is 1. The van der Waals surface area contributed by atoms with Gasteiger partial charge in [-0.2, -0.15) is 0 Å². The number of rotatable bonds is 6. The average Bonchev–Trinajstić information content (AvgIpc) is 2.30. The lowest BCUT2D eigenvalue weighted by Gasteiger charge is -2.06. The van der Waals surface area contributed by atoms with E-state index in [4.69, 9.17) is 16.3 Å².